The molecule has 122 valence electrons. The van der Waals surface area contributed by atoms with Crippen molar-refractivity contribution in [3.8, 4) is 0 Å². The fraction of sp³-hybridized carbons (Fsp3) is 0.133. The predicted octanol–water partition coefficient (Wildman–Crippen LogP) is 1.78. The van der Waals surface area contributed by atoms with Gasteiger partial charge >= 0.3 is 0 Å². The van der Waals surface area contributed by atoms with Gasteiger partial charge in [0, 0.05) is 3.57 Å². The summed E-state index contributed by atoms with van der Waals surface area (Å²) in [4.78, 5) is 11.8. The van der Waals surface area contributed by atoms with E-state index in [0.29, 0.717) is 5.69 Å². The van der Waals surface area contributed by atoms with Crippen LogP contribution in [-0.2, 0) is 14.8 Å². The topological polar surface area (TPSA) is 92.5 Å². The number of rotatable bonds is 5. The molecule has 6 nitrogen and oxygen atoms in total. The van der Waals surface area contributed by atoms with Crippen molar-refractivity contribution in [1.82, 2.24) is 5.43 Å². The molecule has 0 saturated carbocycles. The molecule has 1 amide bonds. The van der Waals surface area contributed by atoms with Crippen molar-refractivity contribution in [3.05, 3.63) is 57.7 Å². The van der Waals surface area contributed by atoms with Gasteiger partial charge in [-0.2, -0.15) is 0 Å². The Morgan fingerprint density at radius 1 is 1.13 bits per heavy atom. The van der Waals surface area contributed by atoms with E-state index in [4.69, 9.17) is 5.84 Å². The van der Waals surface area contributed by atoms with Gasteiger partial charge in [-0.25, -0.2) is 14.3 Å². The molecule has 0 aromatic heterocycles. The molecule has 0 unspecified atom stereocenters. The molecule has 2 aromatic carbocycles. The van der Waals surface area contributed by atoms with Crippen LogP contribution in [0.4, 0.5) is 5.69 Å². The average Bonchev–Trinajstić information content (AvgIpc) is 2.53. The molecule has 0 radical (unpaired) electrons. The van der Waals surface area contributed by atoms with Gasteiger partial charge in [-0.3, -0.25) is 14.5 Å². The lowest BCUT2D eigenvalue weighted by Gasteiger charge is -2.23. The monoisotopic (exact) mass is 445 g/mol. The number of sulfonamides is 1. The zero-order chi connectivity index (χ0) is 17.0. The fourth-order valence-corrected chi connectivity index (χ4v) is 3.72. The molecule has 0 fully saturated rings. The highest BCUT2D eigenvalue weighted by Crippen LogP contribution is 2.24. The van der Waals surface area contributed by atoms with Gasteiger partial charge in [0.15, 0.2) is 0 Å². The van der Waals surface area contributed by atoms with Crippen molar-refractivity contribution in [2.24, 2.45) is 5.84 Å². The van der Waals surface area contributed by atoms with Crippen molar-refractivity contribution in [2.45, 2.75) is 11.8 Å². The Bertz CT molecular complexity index is 790. The summed E-state index contributed by atoms with van der Waals surface area (Å²) in [6.45, 7) is 1.47. The number of anilines is 1. The first-order chi connectivity index (χ1) is 10.8. The number of hydrazine groups is 1. The maximum atomic E-state index is 12.9. The Morgan fingerprint density at radius 2 is 1.70 bits per heavy atom. The highest BCUT2D eigenvalue weighted by Gasteiger charge is 2.26. The van der Waals surface area contributed by atoms with E-state index in [-0.39, 0.29) is 4.90 Å². The minimum Gasteiger partial charge on any atom is -0.293 e. The zero-order valence-corrected chi connectivity index (χ0v) is 15.3. The molecular formula is C15H16IN3O3S. The van der Waals surface area contributed by atoms with Gasteiger partial charge < -0.3 is 0 Å². The van der Waals surface area contributed by atoms with Crippen LogP contribution in [0.1, 0.15) is 5.56 Å². The van der Waals surface area contributed by atoms with Gasteiger partial charge in [0.05, 0.1) is 10.6 Å². The molecule has 0 bridgehead atoms. The van der Waals surface area contributed by atoms with Crippen LogP contribution in [0.3, 0.4) is 0 Å². The Balaban J connectivity index is 2.49. The van der Waals surface area contributed by atoms with E-state index >= 15 is 0 Å². The van der Waals surface area contributed by atoms with Crippen LogP contribution in [0.5, 0.6) is 0 Å². The van der Waals surface area contributed by atoms with Crippen molar-refractivity contribution < 1.29 is 13.2 Å². The highest BCUT2D eigenvalue weighted by atomic mass is 127. The minimum absolute atomic E-state index is 0.117. The standard InChI is InChI=1S/C15H16IN3O3S/c1-11-2-8-14(9-3-11)23(21,22)19(10-15(20)18-17)13-6-4-12(16)5-7-13/h2-9H,10,17H2,1H3,(H,18,20). The summed E-state index contributed by atoms with van der Waals surface area (Å²) >= 11 is 2.12. The second-order valence-electron chi connectivity index (χ2n) is 4.87. The molecule has 2 aromatic rings. The molecule has 8 heteroatoms. The van der Waals surface area contributed by atoms with Crippen molar-refractivity contribution in [1.29, 1.82) is 0 Å². The largest absolute Gasteiger partial charge is 0.293 e. The first-order valence-corrected chi connectivity index (χ1v) is 9.21. The Labute approximate surface area is 148 Å². The molecular weight excluding hydrogens is 429 g/mol. The number of amides is 1. The molecule has 0 aliphatic carbocycles. The summed E-state index contributed by atoms with van der Waals surface area (Å²) < 4.78 is 27.8. The molecule has 0 aliphatic heterocycles. The molecule has 0 aliphatic rings. The normalized spacial score (nSPS) is 11.1. The van der Waals surface area contributed by atoms with Gasteiger partial charge in [0.1, 0.15) is 6.54 Å². The number of nitrogens with one attached hydrogen (secondary N) is 1. The number of nitrogens with two attached hydrogens (primary N) is 1. The third-order valence-corrected chi connectivity index (χ3v) is 5.68. The van der Waals surface area contributed by atoms with Crippen LogP contribution in [0.2, 0.25) is 0 Å². The Morgan fingerprint density at radius 3 is 2.22 bits per heavy atom. The number of benzene rings is 2. The van der Waals surface area contributed by atoms with Gasteiger partial charge in [0.2, 0.25) is 0 Å². The first-order valence-electron chi connectivity index (χ1n) is 6.69. The van der Waals surface area contributed by atoms with Gasteiger partial charge in [-0.15, -0.1) is 0 Å². The van der Waals surface area contributed by atoms with Gasteiger partial charge in [-0.1, -0.05) is 17.7 Å². The number of halogens is 1. The second kappa shape index (κ2) is 7.28. The number of carbonyl (C=O) groups is 1. The molecule has 2 rings (SSSR count). The van der Waals surface area contributed by atoms with Crippen molar-refractivity contribution in [3.63, 3.8) is 0 Å². The van der Waals surface area contributed by atoms with Crippen LogP contribution >= 0.6 is 22.6 Å². The third-order valence-electron chi connectivity index (χ3n) is 3.17. The summed E-state index contributed by atoms with van der Waals surface area (Å²) in [5.74, 6) is 4.50. The summed E-state index contributed by atoms with van der Waals surface area (Å²) in [6, 6.07) is 13.3. The van der Waals surface area contributed by atoms with Crippen molar-refractivity contribution >= 4 is 44.2 Å². The summed E-state index contributed by atoms with van der Waals surface area (Å²) in [5.41, 5.74) is 3.31. The smallest absolute Gasteiger partial charge is 0.264 e. The molecule has 0 heterocycles. The molecule has 0 atom stereocenters. The van der Waals surface area contributed by atoms with Gasteiger partial charge in [-0.05, 0) is 65.9 Å². The van der Waals surface area contributed by atoms with Crippen LogP contribution in [0.15, 0.2) is 53.4 Å². The van der Waals surface area contributed by atoms with Crippen LogP contribution in [0, 0.1) is 10.5 Å². The predicted molar refractivity (Wildman–Crippen MR) is 97.2 cm³/mol. The lowest BCUT2D eigenvalue weighted by molar-refractivity contribution is -0.119. The quantitative estimate of drug-likeness (QED) is 0.318. The lowest BCUT2D eigenvalue weighted by Crippen LogP contribution is -2.43. The number of aryl methyl sites for hydroxylation is 1. The van der Waals surface area contributed by atoms with E-state index in [1.54, 1.807) is 36.4 Å². The molecule has 0 saturated heterocycles. The Kier molecular flexibility index (Phi) is 5.60. The minimum atomic E-state index is -3.87. The highest BCUT2D eigenvalue weighted by molar-refractivity contribution is 14.1. The summed E-state index contributed by atoms with van der Waals surface area (Å²) in [7, 11) is -3.87. The third kappa shape index (κ3) is 4.21. The van der Waals surface area contributed by atoms with Crippen LogP contribution < -0.4 is 15.6 Å². The van der Waals surface area contributed by atoms with Crippen molar-refractivity contribution in [2.75, 3.05) is 10.8 Å². The molecule has 3 N–H and O–H groups in total. The number of carbonyl (C=O) groups excluding carboxylic acids is 1. The number of hydrogen-bond donors (Lipinski definition) is 2. The zero-order valence-electron chi connectivity index (χ0n) is 12.4. The second-order valence-corrected chi connectivity index (χ2v) is 7.98. The van der Waals surface area contributed by atoms with E-state index in [0.717, 1.165) is 13.4 Å². The molecule has 0 spiro atoms. The summed E-state index contributed by atoms with van der Waals surface area (Å²) in [5, 5.41) is 0. The SMILES string of the molecule is Cc1ccc(S(=O)(=O)N(CC(=O)NN)c2ccc(I)cc2)cc1. The van der Waals surface area contributed by atoms with Crippen LogP contribution in [0.25, 0.3) is 0 Å². The van der Waals surface area contributed by atoms with E-state index in [1.165, 1.54) is 12.1 Å². The molecule has 23 heavy (non-hydrogen) atoms. The first kappa shape index (κ1) is 17.7. The summed E-state index contributed by atoms with van der Waals surface area (Å²) in [6.07, 6.45) is 0. The number of hydrogen-bond acceptors (Lipinski definition) is 4. The van der Waals surface area contributed by atoms with E-state index in [2.05, 4.69) is 22.6 Å². The Hall–Kier alpha value is -1.65. The van der Waals surface area contributed by atoms with E-state index in [1.807, 2.05) is 12.3 Å². The number of nitrogens with zero attached hydrogens (tertiary/aromatic N) is 1. The lowest BCUT2D eigenvalue weighted by atomic mass is 10.2. The average molecular weight is 445 g/mol. The fourth-order valence-electron chi connectivity index (χ4n) is 1.94. The van der Waals surface area contributed by atoms with Gasteiger partial charge in [0.25, 0.3) is 15.9 Å². The van der Waals surface area contributed by atoms with E-state index in [9.17, 15) is 13.2 Å². The maximum absolute atomic E-state index is 12.9. The van der Waals surface area contributed by atoms with E-state index < -0.39 is 22.5 Å². The van der Waals surface area contributed by atoms with Crippen LogP contribution in [-0.4, -0.2) is 20.9 Å². The maximum Gasteiger partial charge on any atom is 0.264 e.